The van der Waals surface area contributed by atoms with E-state index < -0.39 is 27.9 Å². The number of nitrogens with zero attached hydrogens (tertiary/aromatic N) is 1. The maximum atomic E-state index is 13.2. The van der Waals surface area contributed by atoms with E-state index >= 15 is 0 Å². The molecule has 0 aromatic heterocycles. The van der Waals surface area contributed by atoms with Crippen LogP contribution >= 0.6 is 12.4 Å². The zero-order chi connectivity index (χ0) is 17.7. The van der Waals surface area contributed by atoms with E-state index in [2.05, 4.69) is 4.72 Å². The molecule has 3 N–H and O–H groups in total. The summed E-state index contributed by atoms with van der Waals surface area (Å²) in [6.45, 7) is 2.82. The average Bonchev–Trinajstić information content (AvgIpc) is 2.54. The molecule has 1 aliphatic rings. The Morgan fingerprint density at radius 3 is 2.84 bits per heavy atom. The molecule has 1 fully saturated rings. The number of sulfonamides is 1. The number of likely N-dealkylation sites (tertiary alicyclic amines) is 1. The van der Waals surface area contributed by atoms with Crippen molar-refractivity contribution in [2.75, 3.05) is 13.1 Å². The Morgan fingerprint density at radius 2 is 2.20 bits per heavy atom. The molecule has 1 aliphatic heterocycles. The highest BCUT2D eigenvalue weighted by atomic mass is 35.5. The summed E-state index contributed by atoms with van der Waals surface area (Å²) in [6.07, 6.45) is 2.74. The van der Waals surface area contributed by atoms with Gasteiger partial charge in [-0.25, -0.2) is 17.5 Å². The third kappa shape index (κ3) is 5.91. The van der Waals surface area contributed by atoms with Crippen molar-refractivity contribution in [2.24, 2.45) is 5.73 Å². The van der Waals surface area contributed by atoms with Gasteiger partial charge in [-0.05, 0) is 37.5 Å². The van der Waals surface area contributed by atoms with E-state index in [1.165, 1.54) is 18.2 Å². The zero-order valence-corrected chi connectivity index (χ0v) is 15.8. The number of nitrogens with one attached hydrogen (secondary N) is 1. The number of halogens is 2. The Bertz CT molecular complexity index is 687. The van der Waals surface area contributed by atoms with Gasteiger partial charge in [0, 0.05) is 19.1 Å². The van der Waals surface area contributed by atoms with E-state index in [0.29, 0.717) is 25.8 Å². The molecule has 0 saturated carbocycles. The number of nitrogens with two attached hydrogens (primary N) is 1. The topological polar surface area (TPSA) is 92.5 Å². The molecular formula is C16H25ClFN3O3S. The molecule has 2 unspecified atom stereocenters. The van der Waals surface area contributed by atoms with E-state index in [9.17, 15) is 17.6 Å². The lowest BCUT2D eigenvalue weighted by atomic mass is 10.0. The van der Waals surface area contributed by atoms with Crippen molar-refractivity contribution in [1.29, 1.82) is 0 Å². The maximum Gasteiger partial charge on any atom is 0.240 e. The molecule has 1 aromatic rings. The van der Waals surface area contributed by atoms with Crippen LogP contribution in [-0.4, -0.2) is 44.4 Å². The molecule has 0 bridgehead atoms. The van der Waals surface area contributed by atoms with Crippen molar-refractivity contribution in [3.8, 4) is 0 Å². The number of rotatable bonds is 6. The maximum absolute atomic E-state index is 13.2. The lowest BCUT2D eigenvalue weighted by Gasteiger charge is -2.34. The van der Waals surface area contributed by atoms with E-state index in [1.54, 1.807) is 4.90 Å². The first-order chi connectivity index (χ1) is 11.3. The van der Waals surface area contributed by atoms with Crippen LogP contribution in [0.3, 0.4) is 0 Å². The number of hydrogen-bond acceptors (Lipinski definition) is 4. The first-order valence-corrected chi connectivity index (χ1v) is 9.64. The van der Waals surface area contributed by atoms with E-state index in [1.807, 2.05) is 6.92 Å². The molecule has 142 valence electrons. The Kier molecular flexibility index (Phi) is 8.27. The van der Waals surface area contributed by atoms with Gasteiger partial charge in [0.2, 0.25) is 15.9 Å². The third-order valence-electron chi connectivity index (χ3n) is 4.08. The summed E-state index contributed by atoms with van der Waals surface area (Å²) in [7, 11) is -3.82. The average molecular weight is 394 g/mol. The van der Waals surface area contributed by atoms with Gasteiger partial charge in [0.05, 0.1) is 10.9 Å². The number of amides is 1. The van der Waals surface area contributed by atoms with Crippen LogP contribution in [0.5, 0.6) is 0 Å². The van der Waals surface area contributed by atoms with Crippen LogP contribution < -0.4 is 10.5 Å². The minimum atomic E-state index is -3.82. The second-order valence-corrected chi connectivity index (χ2v) is 7.81. The van der Waals surface area contributed by atoms with Crippen molar-refractivity contribution >= 4 is 28.3 Å². The molecule has 0 spiro atoms. The predicted octanol–water partition coefficient (Wildman–Crippen LogP) is 1.64. The summed E-state index contributed by atoms with van der Waals surface area (Å²) in [6, 6.07) is 3.91. The van der Waals surface area contributed by atoms with Gasteiger partial charge in [0.25, 0.3) is 0 Å². The molecule has 0 radical (unpaired) electrons. The van der Waals surface area contributed by atoms with Gasteiger partial charge < -0.3 is 10.6 Å². The number of piperidine rings is 1. The lowest BCUT2D eigenvalue weighted by molar-refractivity contribution is -0.134. The van der Waals surface area contributed by atoms with Crippen LogP contribution in [0.4, 0.5) is 4.39 Å². The molecule has 0 aliphatic carbocycles. The van der Waals surface area contributed by atoms with Crippen LogP contribution in [0, 0.1) is 5.82 Å². The molecule has 1 saturated heterocycles. The lowest BCUT2D eigenvalue weighted by Crippen LogP contribution is -2.53. The summed E-state index contributed by atoms with van der Waals surface area (Å²) < 4.78 is 40.5. The Hall–Kier alpha value is -1.22. The van der Waals surface area contributed by atoms with Crippen LogP contribution in [0.2, 0.25) is 0 Å². The van der Waals surface area contributed by atoms with Crippen LogP contribution in [0.15, 0.2) is 29.2 Å². The van der Waals surface area contributed by atoms with Gasteiger partial charge in [-0.3, -0.25) is 4.79 Å². The first-order valence-electron chi connectivity index (χ1n) is 8.15. The number of benzene rings is 1. The fourth-order valence-electron chi connectivity index (χ4n) is 2.86. The highest BCUT2D eigenvalue weighted by molar-refractivity contribution is 7.89. The van der Waals surface area contributed by atoms with Crippen LogP contribution in [0.25, 0.3) is 0 Å². The van der Waals surface area contributed by atoms with Crippen LogP contribution in [-0.2, 0) is 14.8 Å². The number of carbonyl (C=O) groups is 1. The normalized spacial score (nSPS) is 19.2. The Labute approximate surface area is 154 Å². The number of carbonyl (C=O) groups excluding carboxylic acids is 1. The smallest absolute Gasteiger partial charge is 0.240 e. The molecular weight excluding hydrogens is 369 g/mol. The molecule has 1 aromatic carbocycles. The number of hydrogen-bond donors (Lipinski definition) is 2. The highest BCUT2D eigenvalue weighted by Crippen LogP contribution is 2.16. The van der Waals surface area contributed by atoms with Gasteiger partial charge in [-0.1, -0.05) is 19.4 Å². The Morgan fingerprint density at radius 1 is 1.48 bits per heavy atom. The van der Waals surface area contributed by atoms with E-state index in [4.69, 9.17) is 5.73 Å². The highest BCUT2D eigenvalue weighted by Gasteiger charge is 2.29. The van der Waals surface area contributed by atoms with Crippen molar-refractivity contribution in [3.63, 3.8) is 0 Å². The van der Waals surface area contributed by atoms with E-state index in [0.717, 1.165) is 12.5 Å². The van der Waals surface area contributed by atoms with E-state index in [-0.39, 0.29) is 29.8 Å². The minimum Gasteiger partial charge on any atom is -0.340 e. The molecule has 6 nitrogen and oxygen atoms in total. The monoisotopic (exact) mass is 393 g/mol. The Balaban J connectivity index is 0.00000312. The minimum absolute atomic E-state index is 0. The van der Waals surface area contributed by atoms with Gasteiger partial charge in [-0.2, -0.15) is 0 Å². The quantitative estimate of drug-likeness (QED) is 0.768. The van der Waals surface area contributed by atoms with Gasteiger partial charge in [0.1, 0.15) is 5.82 Å². The summed E-state index contributed by atoms with van der Waals surface area (Å²) in [5.74, 6) is -0.754. The van der Waals surface area contributed by atoms with Crippen molar-refractivity contribution in [3.05, 3.63) is 30.1 Å². The van der Waals surface area contributed by atoms with Crippen molar-refractivity contribution in [1.82, 2.24) is 9.62 Å². The zero-order valence-electron chi connectivity index (χ0n) is 14.2. The predicted molar refractivity (Wildman–Crippen MR) is 96.5 cm³/mol. The summed E-state index contributed by atoms with van der Waals surface area (Å²) >= 11 is 0. The molecule has 1 amide bonds. The van der Waals surface area contributed by atoms with Crippen molar-refractivity contribution < 1.29 is 17.6 Å². The molecule has 25 heavy (non-hydrogen) atoms. The van der Waals surface area contributed by atoms with Crippen molar-refractivity contribution in [2.45, 2.75) is 49.6 Å². The molecule has 1 heterocycles. The fraction of sp³-hybridized carbons (Fsp3) is 0.562. The third-order valence-corrected chi connectivity index (χ3v) is 5.60. The molecule has 2 atom stereocenters. The van der Waals surface area contributed by atoms with Gasteiger partial charge in [-0.15, -0.1) is 12.4 Å². The van der Waals surface area contributed by atoms with Gasteiger partial charge >= 0.3 is 0 Å². The first kappa shape index (κ1) is 21.8. The van der Waals surface area contributed by atoms with Crippen LogP contribution in [0.1, 0.15) is 32.6 Å². The second-order valence-electron chi connectivity index (χ2n) is 6.10. The largest absolute Gasteiger partial charge is 0.340 e. The second kappa shape index (κ2) is 9.47. The molecule has 9 heteroatoms. The summed E-state index contributed by atoms with van der Waals surface area (Å²) in [5, 5.41) is 0. The van der Waals surface area contributed by atoms with Gasteiger partial charge in [0.15, 0.2) is 0 Å². The molecule has 2 rings (SSSR count). The summed E-state index contributed by atoms with van der Waals surface area (Å²) in [5.41, 5.74) is 5.87. The summed E-state index contributed by atoms with van der Waals surface area (Å²) in [4.78, 5) is 13.8. The SMILES string of the molecule is CCCC(N)C(=O)N1CCCC(NS(=O)(=O)c2cccc(F)c2)C1.Cl. The fourth-order valence-corrected chi connectivity index (χ4v) is 4.16. The standard InChI is InChI=1S/C16H24FN3O3S.ClH/c1-2-5-15(18)16(21)20-9-4-7-13(11-20)19-24(22,23)14-8-3-6-12(17)10-14;/h3,6,8,10,13,15,19H,2,4-5,7,9,11,18H2,1H3;1H.